The number of carbonyl (C=O) groups excluding carboxylic acids is 3. The zero-order valence-corrected chi connectivity index (χ0v) is 41.6. The number of nitriles is 1. The maximum Gasteiger partial charge on any atom is 0.326 e. The molecule has 1 atom stereocenters. The molecule has 1 aliphatic rings. The van der Waals surface area contributed by atoms with Crippen molar-refractivity contribution >= 4 is 29.4 Å². The summed E-state index contributed by atoms with van der Waals surface area (Å²) in [5.41, 5.74) is 2.12. The maximum atomic E-state index is 13.3. The fourth-order valence-corrected chi connectivity index (χ4v) is 7.18. The minimum Gasteiger partial charge on any atom is -0.484 e. The van der Waals surface area contributed by atoms with E-state index in [-0.39, 0.29) is 61.9 Å². The van der Waals surface area contributed by atoms with Gasteiger partial charge >= 0.3 is 12.0 Å². The lowest BCUT2D eigenvalue weighted by molar-refractivity contribution is -0.142. The zero-order chi connectivity index (χ0) is 52.2. The Labute approximate surface area is 423 Å². The van der Waals surface area contributed by atoms with E-state index in [2.05, 4.69) is 36.6 Å². The number of Topliss-reactive ketones (excluding diaryl/α,β-unsaturated/α-hetero) is 1. The van der Waals surface area contributed by atoms with Gasteiger partial charge in [-0.1, -0.05) is 32.9 Å². The van der Waals surface area contributed by atoms with Crippen LogP contribution < -0.4 is 29.7 Å². The van der Waals surface area contributed by atoms with Crippen molar-refractivity contribution in [1.82, 2.24) is 35.6 Å². The number of ketones is 1. The largest absolute Gasteiger partial charge is 0.484 e. The molecule has 0 fully saturated rings. The van der Waals surface area contributed by atoms with E-state index in [0.717, 1.165) is 0 Å². The van der Waals surface area contributed by atoms with Crippen LogP contribution in [0.1, 0.15) is 79.4 Å². The van der Waals surface area contributed by atoms with Crippen molar-refractivity contribution in [1.29, 1.82) is 5.26 Å². The third kappa shape index (κ3) is 16.7. The summed E-state index contributed by atoms with van der Waals surface area (Å²) in [6.07, 6.45) is 7.09. The topological polar surface area (TPSA) is 269 Å². The molecule has 0 bridgehead atoms. The number of hydrogen-bond acceptors (Lipinski definition) is 18. The van der Waals surface area contributed by atoms with E-state index >= 15 is 0 Å². The van der Waals surface area contributed by atoms with Gasteiger partial charge in [0.2, 0.25) is 5.88 Å². The first-order valence-corrected chi connectivity index (χ1v) is 23.7. The molecule has 73 heavy (non-hydrogen) atoms. The van der Waals surface area contributed by atoms with Crippen LogP contribution in [-0.2, 0) is 35.1 Å². The third-order valence-electron chi connectivity index (χ3n) is 11.2. The van der Waals surface area contributed by atoms with Gasteiger partial charge < -0.3 is 53.8 Å². The van der Waals surface area contributed by atoms with E-state index in [4.69, 9.17) is 38.1 Å². The number of benzene rings is 1. The Kier molecular flexibility index (Phi) is 20.0. The number of rotatable bonds is 29. The number of ether oxygens (including phenoxy) is 7. The first-order valence-electron chi connectivity index (χ1n) is 23.7. The molecule has 3 N–H and O–H groups in total. The number of fused-ring (bicyclic) bond motifs is 1. The summed E-state index contributed by atoms with van der Waals surface area (Å²) in [5, 5.41) is 24.3. The quantitative estimate of drug-likeness (QED) is 0.0490. The number of anilines is 1. The Bertz CT molecular complexity index is 2670. The number of aromatic nitrogens is 5. The Hall–Kier alpha value is -7.64. The summed E-state index contributed by atoms with van der Waals surface area (Å²) in [6.45, 7) is 12.9. The van der Waals surface area contributed by atoms with Crippen LogP contribution in [0, 0.1) is 16.7 Å². The summed E-state index contributed by atoms with van der Waals surface area (Å²) in [7, 11) is 0. The highest BCUT2D eigenvalue weighted by Gasteiger charge is 2.45. The number of nitrogens with one attached hydrogen (secondary N) is 2. The highest BCUT2D eigenvalue weighted by molar-refractivity contribution is 6.13. The van der Waals surface area contributed by atoms with Gasteiger partial charge in [-0.15, -0.1) is 0 Å². The Morgan fingerprint density at radius 1 is 0.808 bits per heavy atom. The van der Waals surface area contributed by atoms with Gasteiger partial charge in [-0.2, -0.15) is 5.26 Å². The number of hydrogen-bond donors (Lipinski definition) is 3. The molecule has 0 saturated carbocycles. The minimum absolute atomic E-state index is 0.0573. The minimum atomic E-state index is -1.10. The molecule has 0 saturated heterocycles. The number of nitrogens with zero attached hydrogens (tertiary/aromatic N) is 7. The van der Waals surface area contributed by atoms with Gasteiger partial charge in [-0.05, 0) is 68.5 Å². The number of carboxylic acid groups (broad SMARTS) is 1. The first kappa shape index (κ1) is 54.7. The Morgan fingerprint density at radius 3 is 2.15 bits per heavy atom. The summed E-state index contributed by atoms with van der Waals surface area (Å²) >= 11 is 0. The molecule has 0 radical (unpaired) electrons. The third-order valence-corrected chi connectivity index (χ3v) is 11.2. The summed E-state index contributed by atoms with van der Waals surface area (Å²) in [4.78, 5) is 73.7. The molecule has 1 aliphatic heterocycles. The number of pyridine rings is 3. The average Bonchev–Trinajstić information content (AvgIpc) is 3.56. The SMILES string of the molecule is CC(C)(C)CC[C@H](NC(=O)COc1cccc(Oc2ccc(C(=O)NCCOCCOCCOCCOCCOc3ncc(-c4ccc5c(n4)N(Cc4cccnc4C#N)C(C)(C)C5=O)cn3)cn2)c1)C(=O)O. The van der Waals surface area contributed by atoms with Crippen LogP contribution in [0.4, 0.5) is 5.82 Å². The second kappa shape index (κ2) is 26.7. The molecule has 5 heterocycles. The second-order valence-electron chi connectivity index (χ2n) is 18.3. The zero-order valence-electron chi connectivity index (χ0n) is 41.6. The lowest BCUT2D eigenvalue weighted by Crippen LogP contribution is -2.44. The number of aliphatic carboxylic acids is 1. The lowest BCUT2D eigenvalue weighted by atomic mass is 9.88. The lowest BCUT2D eigenvalue weighted by Gasteiger charge is -2.32. The Morgan fingerprint density at radius 2 is 1.49 bits per heavy atom. The highest BCUT2D eigenvalue weighted by Crippen LogP contribution is 2.40. The van der Waals surface area contributed by atoms with Gasteiger partial charge in [0.1, 0.15) is 41.7 Å². The van der Waals surface area contributed by atoms with Gasteiger partial charge in [0.05, 0.1) is 75.2 Å². The first-order chi connectivity index (χ1) is 35.1. The molecule has 21 heteroatoms. The fourth-order valence-electron chi connectivity index (χ4n) is 7.18. The standard InChI is InChI=1S/C52H61N9O12/c1-51(2,3)16-15-42(49(65)66)59-44(62)34-72-38-9-6-10-39(28-38)73-45-14-11-35(30-56-45)48(64)55-18-19-67-20-21-68-22-23-69-24-25-70-26-27-71-50-57-31-37(32-58-50)41-13-12-40-46(63)52(4,5)61(47(40)60-41)33-36-8-7-17-54-43(36)29-53/h6-14,17,28,30-32,42H,15-16,18-27,33-34H2,1-5H3,(H,55,64)(H,59,62)(H,65,66)/t42-/m0/s1. The molecule has 5 aromatic rings. The molecule has 4 aromatic heterocycles. The van der Waals surface area contributed by atoms with E-state index in [9.17, 15) is 29.5 Å². The molecular weight excluding hydrogens is 943 g/mol. The molecule has 386 valence electrons. The monoisotopic (exact) mass is 1000 g/mol. The highest BCUT2D eigenvalue weighted by atomic mass is 16.6. The van der Waals surface area contributed by atoms with Crippen LogP contribution >= 0.6 is 0 Å². The average molecular weight is 1000 g/mol. The van der Waals surface area contributed by atoms with Gasteiger partial charge in [-0.25, -0.2) is 29.7 Å². The van der Waals surface area contributed by atoms with Crippen molar-refractivity contribution in [3.05, 3.63) is 108 Å². The molecule has 0 aliphatic carbocycles. The predicted molar refractivity (Wildman–Crippen MR) is 264 cm³/mol. The summed E-state index contributed by atoms with van der Waals surface area (Å²) < 4.78 is 39.2. The predicted octanol–water partition coefficient (Wildman–Crippen LogP) is 5.62. The van der Waals surface area contributed by atoms with Crippen LogP contribution in [0.25, 0.3) is 11.3 Å². The molecule has 0 unspecified atom stereocenters. The summed E-state index contributed by atoms with van der Waals surface area (Å²) in [6, 6.07) is 18.1. The molecule has 2 amide bonds. The number of carboxylic acids is 1. The van der Waals surface area contributed by atoms with E-state index in [1.165, 1.54) is 6.20 Å². The van der Waals surface area contributed by atoms with Crippen molar-refractivity contribution in [3.63, 3.8) is 0 Å². The van der Waals surface area contributed by atoms with E-state index in [1.807, 2.05) is 45.6 Å². The molecule has 1 aromatic carbocycles. The van der Waals surface area contributed by atoms with Crippen molar-refractivity contribution in [2.45, 2.75) is 65.6 Å². The normalized spacial score (nSPS) is 13.2. The van der Waals surface area contributed by atoms with Crippen LogP contribution in [0.2, 0.25) is 0 Å². The van der Waals surface area contributed by atoms with Crippen LogP contribution in [0.15, 0.2) is 85.5 Å². The molecular formula is C52H61N9O12. The van der Waals surface area contributed by atoms with E-state index in [1.54, 1.807) is 73.2 Å². The van der Waals surface area contributed by atoms with Gasteiger partial charge in [0, 0.05) is 61.1 Å². The van der Waals surface area contributed by atoms with Gasteiger partial charge in [0.25, 0.3) is 11.8 Å². The molecule has 21 nitrogen and oxygen atoms in total. The van der Waals surface area contributed by atoms with Crippen molar-refractivity contribution in [2.75, 3.05) is 77.5 Å². The van der Waals surface area contributed by atoms with Gasteiger partial charge in [-0.3, -0.25) is 14.4 Å². The Balaban J connectivity index is 0.764. The maximum absolute atomic E-state index is 13.3. The van der Waals surface area contributed by atoms with Crippen LogP contribution in [0.5, 0.6) is 23.4 Å². The summed E-state index contributed by atoms with van der Waals surface area (Å²) in [5.74, 6) is -0.566. The smallest absolute Gasteiger partial charge is 0.326 e. The molecule has 6 rings (SSSR count). The second-order valence-corrected chi connectivity index (χ2v) is 18.3. The van der Waals surface area contributed by atoms with Crippen molar-refractivity contribution in [2.24, 2.45) is 5.41 Å². The van der Waals surface area contributed by atoms with Gasteiger partial charge in [0.15, 0.2) is 12.4 Å². The van der Waals surface area contributed by atoms with Crippen molar-refractivity contribution in [3.8, 4) is 40.7 Å². The number of carbonyl (C=O) groups is 4. The molecule has 0 spiro atoms. The van der Waals surface area contributed by atoms with Crippen molar-refractivity contribution < 1.29 is 57.4 Å². The van der Waals surface area contributed by atoms with Crippen LogP contribution in [0.3, 0.4) is 0 Å². The fraction of sp³-hybridized carbons (Fsp3) is 0.423. The van der Waals surface area contributed by atoms with E-state index in [0.29, 0.717) is 110 Å². The van der Waals surface area contributed by atoms with Crippen LogP contribution in [-0.4, -0.2) is 138 Å². The van der Waals surface area contributed by atoms with E-state index < -0.39 is 23.5 Å². The number of amides is 2.